The van der Waals surface area contributed by atoms with Crippen molar-refractivity contribution in [2.45, 2.75) is 6.61 Å². The van der Waals surface area contributed by atoms with Gasteiger partial charge in [-0.1, -0.05) is 0 Å². The molecule has 0 aliphatic carbocycles. The molecule has 0 unspecified atom stereocenters. The second kappa shape index (κ2) is 7.22. The molecule has 9 heteroatoms. The predicted molar refractivity (Wildman–Crippen MR) is 95.7 cm³/mol. The molecule has 0 aromatic carbocycles. The molecular weight excluding hydrogens is 356 g/mol. The van der Waals surface area contributed by atoms with Gasteiger partial charge < -0.3 is 14.4 Å². The molecule has 4 heterocycles. The highest BCUT2D eigenvalue weighted by atomic mass is 32.1. The summed E-state index contributed by atoms with van der Waals surface area (Å²) >= 11 is 1.35. The number of pyridine rings is 1. The normalized spacial score (nSPS) is 14.5. The molecule has 3 aromatic heterocycles. The maximum atomic E-state index is 12.2. The highest BCUT2D eigenvalue weighted by Crippen LogP contribution is 2.14. The van der Waals surface area contributed by atoms with Crippen LogP contribution in [0.25, 0.3) is 4.96 Å². The standard InChI is InChI=1S/C17H16N4O4S/c22-15-9-13(19-17-21(15)5-8-26-17)11-25-16(23)12-1-2-14(18-10-12)20-3-6-24-7-4-20/h1-2,5,8-10H,3-4,6-7,11H2. The third kappa shape index (κ3) is 3.44. The summed E-state index contributed by atoms with van der Waals surface area (Å²) in [7, 11) is 0. The summed E-state index contributed by atoms with van der Waals surface area (Å²) in [5, 5.41) is 1.78. The molecule has 134 valence electrons. The first-order chi connectivity index (χ1) is 12.7. The van der Waals surface area contributed by atoms with Crippen molar-refractivity contribution in [1.29, 1.82) is 0 Å². The number of carbonyl (C=O) groups is 1. The zero-order chi connectivity index (χ0) is 17.9. The third-order valence-electron chi connectivity index (χ3n) is 4.03. The number of thiazole rings is 1. The van der Waals surface area contributed by atoms with Gasteiger partial charge in [0.1, 0.15) is 12.4 Å². The largest absolute Gasteiger partial charge is 0.456 e. The number of fused-ring (bicyclic) bond motifs is 1. The number of ether oxygens (including phenoxy) is 2. The summed E-state index contributed by atoms with van der Waals surface area (Å²) in [5.41, 5.74) is 0.582. The first kappa shape index (κ1) is 16.7. The smallest absolute Gasteiger partial charge is 0.340 e. The number of carbonyl (C=O) groups excluding carboxylic acids is 1. The van der Waals surface area contributed by atoms with Crippen LogP contribution in [0.4, 0.5) is 5.82 Å². The van der Waals surface area contributed by atoms with Crippen LogP contribution in [0.5, 0.6) is 0 Å². The number of anilines is 1. The van der Waals surface area contributed by atoms with Gasteiger partial charge in [-0.3, -0.25) is 9.20 Å². The van der Waals surface area contributed by atoms with Crippen LogP contribution in [0.3, 0.4) is 0 Å². The van der Waals surface area contributed by atoms with Crippen molar-refractivity contribution in [2.75, 3.05) is 31.2 Å². The Hall–Kier alpha value is -2.78. The van der Waals surface area contributed by atoms with Crippen molar-refractivity contribution in [3.63, 3.8) is 0 Å². The summed E-state index contributed by atoms with van der Waals surface area (Å²) in [5.74, 6) is 0.307. The fourth-order valence-electron chi connectivity index (χ4n) is 2.67. The highest BCUT2D eigenvalue weighted by molar-refractivity contribution is 7.15. The van der Waals surface area contributed by atoms with Gasteiger partial charge in [0.25, 0.3) is 5.56 Å². The van der Waals surface area contributed by atoms with E-state index in [2.05, 4.69) is 14.9 Å². The molecule has 1 saturated heterocycles. The second-order valence-electron chi connectivity index (χ2n) is 5.72. The molecule has 8 nitrogen and oxygen atoms in total. The predicted octanol–water partition coefficient (Wildman–Crippen LogP) is 1.34. The van der Waals surface area contributed by atoms with Crippen LogP contribution < -0.4 is 10.5 Å². The first-order valence-corrected chi connectivity index (χ1v) is 9.00. The molecule has 0 radical (unpaired) electrons. The zero-order valence-electron chi connectivity index (χ0n) is 13.8. The third-order valence-corrected chi connectivity index (χ3v) is 4.78. The lowest BCUT2D eigenvalue weighted by Crippen LogP contribution is -2.36. The van der Waals surface area contributed by atoms with Crippen molar-refractivity contribution in [1.82, 2.24) is 14.4 Å². The van der Waals surface area contributed by atoms with Crippen LogP contribution in [-0.2, 0) is 16.1 Å². The Morgan fingerprint density at radius 2 is 2.15 bits per heavy atom. The summed E-state index contributed by atoms with van der Waals surface area (Å²) in [6, 6.07) is 4.85. The molecule has 3 aromatic rings. The Labute approximate surface area is 152 Å². The van der Waals surface area contributed by atoms with Crippen LogP contribution in [-0.4, -0.2) is 46.6 Å². The number of hydrogen-bond donors (Lipinski definition) is 0. The maximum absolute atomic E-state index is 12.2. The second-order valence-corrected chi connectivity index (χ2v) is 6.59. The topological polar surface area (TPSA) is 86.0 Å². The van der Waals surface area contributed by atoms with Crippen molar-refractivity contribution in [3.05, 3.63) is 57.6 Å². The van der Waals surface area contributed by atoms with Crippen molar-refractivity contribution in [3.8, 4) is 0 Å². The minimum atomic E-state index is -0.501. The molecule has 1 aliphatic heterocycles. The first-order valence-electron chi connectivity index (χ1n) is 8.12. The SMILES string of the molecule is O=C(OCc1cc(=O)n2ccsc2n1)c1ccc(N2CCOCC2)nc1. The van der Waals surface area contributed by atoms with E-state index in [0.717, 1.165) is 18.9 Å². The molecule has 1 aliphatic rings. The fourth-order valence-corrected chi connectivity index (χ4v) is 3.41. The minimum Gasteiger partial charge on any atom is -0.456 e. The summed E-state index contributed by atoms with van der Waals surface area (Å²) in [6.07, 6.45) is 3.16. The Kier molecular flexibility index (Phi) is 4.63. The Balaban J connectivity index is 1.41. The average molecular weight is 372 g/mol. The van der Waals surface area contributed by atoms with Crippen LogP contribution in [0, 0.1) is 0 Å². The van der Waals surface area contributed by atoms with Gasteiger partial charge in [-0.05, 0) is 12.1 Å². The lowest BCUT2D eigenvalue weighted by molar-refractivity contribution is 0.0467. The summed E-state index contributed by atoms with van der Waals surface area (Å²) in [6.45, 7) is 2.85. The average Bonchev–Trinajstić information content (AvgIpc) is 3.16. The van der Waals surface area contributed by atoms with E-state index in [-0.39, 0.29) is 12.2 Å². The lowest BCUT2D eigenvalue weighted by atomic mass is 10.2. The van der Waals surface area contributed by atoms with E-state index >= 15 is 0 Å². The Morgan fingerprint density at radius 1 is 1.31 bits per heavy atom. The zero-order valence-corrected chi connectivity index (χ0v) is 14.6. The molecule has 0 amide bonds. The number of nitrogens with zero attached hydrogens (tertiary/aromatic N) is 4. The van der Waals surface area contributed by atoms with Crippen molar-refractivity contribution in [2.24, 2.45) is 0 Å². The van der Waals surface area contributed by atoms with Gasteiger partial charge in [0.2, 0.25) is 0 Å². The fraction of sp³-hybridized carbons (Fsp3) is 0.294. The Bertz CT molecular complexity index is 976. The molecule has 26 heavy (non-hydrogen) atoms. The maximum Gasteiger partial charge on any atom is 0.340 e. The lowest BCUT2D eigenvalue weighted by Gasteiger charge is -2.27. The van der Waals surface area contributed by atoms with E-state index in [1.807, 2.05) is 0 Å². The van der Waals surface area contributed by atoms with E-state index < -0.39 is 5.97 Å². The van der Waals surface area contributed by atoms with Crippen LogP contribution in [0.2, 0.25) is 0 Å². The number of morpholine rings is 1. The van der Waals surface area contributed by atoms with E-state index in [9.17, 15) is 9.59 Å². The van der Waals surface area contributed by atoms with E-state index in [4.69, 9.17) is 9.47 Å². The highest BCUT2D eigenvalue weighted by Gasteiger charge is 2.14. The summed E-state index contributed by atoms with van der Waals surface area (Å²) < 4.78 is 12.0. The number of hydrogen-bond acceptors (Lipinski definition) is 8. The van der Waals surface area contributed by atoms with Crippen molar-refractivity contribution >= 4 is 28.1 Å². The van der Waals surface area contributed by atoms with Gasteiger partial charge in [-0.2, -0.15) is 0 Å². The molecule has 0 spiro atoms. The quantitative estimate of drug-likeness (QED) is 0.639. The molecule has 0 atom stereocenters. The van der Waals surface area contributed by atoms with Gasteiger partial charge in [0.05, 0.1) is 24.5 Å². The molecular formula is C17H16N4O4S. The Morgan fingerprint density at radius 3 is 2.92 bits per heavy atom. The molecule has 0 N–H and O–H groups in total. The van der Waals surface area contributed by atoms with Gasteiger partial charge in [0, 0.05) is 36.9 Å². The minimum absolute atomic E-state index is 0.0618. The number of esters is 1. The van der Waals surface area contributed by atoms with E-state index in [1.54, 1.807) is 23.7 Å². The number of rotatable bonds is 4. The van der Waals surface area contributed by atoms with Crippen molar-refractivity contribution < 1.29 is 14.3 Å². The monoisotopic (exact) mass is 372 g/mol. The summed E-state index contributed by atoms with van der Waals surface area (Å²) in [4.78, 5) is 35.4. The van der Waals surface area contributed by atoms with Crippen LogP contribution in [0.15, 0.2) is 40.8 Å². The molecule has 4 rings (SSSR count). The van der Waals surface area contributed by atoms with Gasteiger partial charge >= 0.3 is 5.97 Å². The van der Waals surface area contributed by atoms with Crippen LogP contribution in [0.1, 0.15) is 16.1 Å². The number of aromatic nitrogens is 3. The molecule has 0 saturated carbocycles. The van der Waals surface area contributed by atoms with Crippen LogP contribution >= 0.6 is 11.3 Å². The van der Waals surface area contributed by atoms with Gasteiger partial charge in [0.15, 0.2) is 4.96 Å². The van der Waals surface area contributed by atoms with Gasteiger partial charge in [-0.15, -0.1) is 11.3 Å². The van der Waals surface area contributed by atoms with E-state index in [1.165, 1.54) is 28.0 Å². The molecule has 1 fully saturated rings. The van der Waals surface area contributed by atoms with E-state index in [0.29, 0.717) is 29.4 Å². The molecule has 0 bridgehead atoms. The van der Waals surface area contributed by atoms with Gasteiger partial charge in [-0.25, -0.2) is 14.8 Å².